The molecule has 0 saturated carbocycles. The Hall–Kier alpha value is -1.55. The fourth-order valence-corrected chi connectivity index (χ4v) is 2.24. The maximum Gasteiger partial charge on any atom is 0.316 e. The fraction of sp³-hybridized carbons (Fsp3) is 0.333. The highest BCUT2D eigenvalue weighted by Gasteiger charge is 2.06. The molecule has 0 atom stereocenters. The molecule has 0 unspecified atom stereocenters. The zero-order chi connectivity index (χ0) is 13.7. The average molecular weight is 275 g/mol. The molecule has 0 aliphatic heterocycles. The van der Waals surface area contributed by atoms with Gasteiger partial charge in [0.15, 0.2) is 0 Å². The molecule has 1 aromatic heterocycles. The Morgan fingerprint density at radius 1 is 1.26 bits per heavy atom. The van der Waals surface area contributed by atoms with Gasteiger partial charge in [0.2, 0.25) is 0 Å². The van der Waals surface area contributed by atoms with Crippen LogP contribution in [-0.4, -0.2) is 23.3 Å². The lowest BCUT2D eigenvalue weighted by Gasteiger charge is -2.06. The van der Waals surface area contributed by atoms with Gasteiger partial charge < -0.3 is 4.74 Å². The second-order valence-corrected chi connectivity index (χ2v) is 5.70. The predicted molar refractivity (Wildman–Crippen MR) is 78.3 cm³/mol. The van der Waals surface area contributed by atoms with E-state index in [4.69, 9.17) is 4.74 Å². The van der Waals surface area contributed by atoms with Crippen LogP contribution in [0.15, 0.2) is 41.4 Å². The van der Waals surface area contributed by atoms with Crippen LogP contribution in [0.5, 0.6) is 0 Å². The zero-order valence-electron chi connectivity index (χ0n) is 11.1. The number of carbonyl (C=O) groups is 1. The number of esters is 1. The highest BCUT2D eigenvalue weighted by molar-refractivity contribution is 7.99. The molecule has 2 rings (SSSR count). The van der Waals surface area contributed by atoms with Crippen LogP contribution in [0.25, 0.3) is 10.9 Å². The van der Waals surface area contributed by atoms with Crippen LogP contribution in [0.4, 0.5) is 0 Å². The number of nitrogens with zero attached hydrogens (tertiary/aromatic N) is 1. The van der Waals surface area contributed by atoms with Crippen LogP contribution in [0, 0.1) is 5.92 Å². The first-order valence-electron chi connectivity index (χ1n) is 6.29. The van der Waals surface area contributed by atoms with Gasteiger partial charge in [-0.3, -0.25) is 4.79 Å². The van der Waals surface area contributed by atoms with Crippen molar-refractivity contribution in [2.45, 2.75) is 18.9 Å². The lowest BCUT2D eigenvalue weighted by atomic mass is 10.2. The Balaban J connectivity index is 1.92. The molecule has 0 amide bonds. The van der Waals surface area contributed by atoms with Gasteiger partial charge in [-0.15, -0.1) is 0 Å². The van der Waals surface area contributed by atoms with Gasteiger partial charge in [0, 0.05) is 5.39 Å². The first kappa shape index (κ1) is 13.9. The van der Waals surface area contributed by atoms with E-state index in [2.05, 4.69) is 4.98 Å². The van der Waals surface area contributed by atoms with Crippen LogP contribution in [-0.2, 0) is 9.53 Å². The lowest BCUT2D eigenvalue weighted by Crippen LogP contribution is -2.11. The summed E-state index contributed by atoms with van der Waals surface area (Å²) < 4.78 is 5.13. The van der Waals surface area contributed by atoms with Crippen molar-refractivity contribution in [3.05, 3.63) is 36.4 Å². The molecule has 0 saturated heterocycles. The van der Waals surface area contributed by atoms with Crippen molar-refractivity contribution in [3.8, 4) is 0 Å². The summed E-state index contributed by atoms with van der Waals surface area (Å²) in [6.45, 7) is 4.52. The number of hydrogen-bond donors (Lipinski definition) is 0. The van der Waals surface area contributed by atoms with E-state index in [-0.39, 0.29) is 5.97 Å². The minimum Gasteiger partial charge on any atom is -0.465 e. The molecule has 2 aromatic rings. The topological polar surface area (TPSA) is 39.2 Å². The minimum absolute atomic E-state index is 0.186. The van der Waals surface area contributed by atoms with E-state index in [1.54, 1.807) is 0 Å². The molecule has 0 bridgehead atoms. The largest absolute Gasteiger partial charge is 0.465 e. The summed E-state index contributed by atoms with van der Waals surface area (Å²) in [5, 5.41) is 1.95. The number of carbonyl (C=O) groups excluding carboxylic acids is 1. The minimum atomic E-state index is -0.186. The Morgan fingerprint density at radius 3 is 2.84 bits per heavy atom. The standard InChI is InChI=1S/C15H17NO2S/c1-11(2)9-18-15(17)10-19-14-8-7-12-5-3-4-6-13(12)16-14/h3-8,11H,9-10H2,1-2H3. The predicted octanol–water partition coefficient (Wildman–Crippen LogP) is 3.53. The second-order valence-electron chi connectivity index (χ2n) is 4.71. The number of benzene rings is 1. The number of ether oxygens (including phenoxy) is 1. The Morgan fingerprint density at radius 2 is 2.05 bits per heavy atom. The summed E-state index contributed by atoms with van der Waals surface area (Å²) in [4.78, 5) is 16.0. The lowest BCUT2D eigenvalue weighted by molar-refractivity contribution is -0.141. The van der Waals surface area contributed by atoms with Crippen molar-refractivity contribution in [2.75, 3.05) is 12.4 Å². The molecule has 0 aliphatic carbocycles. The molecular formula is C15H17NO2S. The number of aromatic nitrogens is 1. The van der Waals surface area contributed by atoms with Gasteiger partial charge in [0.25, 0.3) is 0 Å². The van der Waals surface area contributed by atoms with Crippen LogP contribution >= 0.6 is 11.8 Å². The number of para-hydroxylation sites is 1. The summed E-state index contributed by atoms with van der Waals surface area (Å²) in [5.41, 5.74) is 0.947. The summed E-state index contributed by atoms with van der Waals surface area (Å²) in [6, 6.07) is 11.9. The quantitative estimate of drug-likeness (QED) is 0.618. The Labute approximate surface area is 117 Å². The van der Waals surface area contributed by atoms with Gasteiger partial charge in [-0.2, -0.15) is 0 Å². The van der Waals surface area contributed by atoms with Gasteiger partial charge in [0.1, 0.15) is 0 Å². The SMILES string of the molecule is CC(C)COC(=O)CSc1ccc2ccccc2n1. The van der Waals surface area contributed by atoms with Gasteiger partial charge in [-0.1, -0.05) is 49.9 Å². The van der Waals surface area contributed by atoms with E-state index in [1.807, 2.05) is 50.2 Å². The summed E-state index contributed by atoms with van der Waals surface area (Å²) in [7, 11) is 0. The van der Waals surface area contributed by atoms with Crippen molar-refractivity contribution >= 4 is 28.6 Å². The smallest absolute Gasteiger partial charge is 0.316 e. The third-order valence-electron chi connectivity index (χ3n) is 2.49. The molecule has 3 nitrogen and oxygen atoms in total. The summed E-state index contributed by atoms with van der Waals surface area (Å²) in [5.74, 6) is 0.485. The van der Waals surface area contributed by atoms with E-state index in [0.717, 1.165) is 15.9 Å². The number of hydrogen-bond acceptors (Lipinski definition) is 4. The Kier molecular flexibility index (Phi) is 4.80. The van der Waals surface area contributed by atoms with E-state index >= 15 is 0 Å². The van der Waals surface area contributed by atoms with E-state index in [0.29, 0.717) is 18.3 Å². The van der Waals surface area contributed by atoms with Crippen molar-refractivity contribution in [3.63, 3.8) is 0 Å². The molecule has 1 aromatic carbocycles. The summed E-state index contributed by atoms with van der Waals surface area (Å²) >= 11 is 1.41. The highest BCUT2D eigenvalue weighted by Crippen LogP contribution is 2.19. The van der Waals surface area contributed by atoms with E-state index in [9.17, 15) is 4.79 Å². The van der Waals surface area contributed by atoms with Crippen LogP contribution < -0.4 is 0 Å². The molecule has 100 valence electrons. The van der Waals surface area contributed by atoms with Crippen LogP contribution in [0.3, 0.4) is 0 Å². The van der Waals surface area contributed by atoms with Gasteiger partial charge >= 0.3 is 5.97 Å². The van der Waals surface area contributed by atoms with Gasteiger partial charge in [-0.25, -0.2) is 4.98 Å². The van der Waals surface area contributed by atoms with Gasteiger partial charge in [-0.05, 0) is 18.1 Å². The second kappa shape index (κ2) is 6.57. The zero-order valence-corrected chi connectivity index (χ0v) is 11.9. The molecule has 4 heteroatoms. The molecule has 0 N–H and O–H groups in total. The number of fused-ring (bicyclic) bond motifs is 1. The van der Waals surface area contributed by atoms with E-state index < -0.39 is 0 Å². The van der Waals surface area contributed by atoms with Crippen LogP contribution in [0.2, 0.25) is 0 Å². The molecular weight excluding hydrogens is 258 g/mol. The number of thioether (sulfide) groups is 1. The molecule has 19 heavy (non-hydrogen) atoms. The molecule has 1 heterocycles. The van der Waals surface area contributed by atoms with Crippen molar-refractivity contribution < 1.29 is 9.53 Å². The normalized spacial score (nSPS) is 10.9. The maximum absolute atomic E-state index is 11.5. The summed E-state index contributed by atoms with van der Waals surface area (Å²) in [6.07, 6.45) is 0. The third-order valence-corrected chi connectivity index (χ3v) is 3.39. The van der Waals surface area contributed by atoms with E-state index in [1.165, 1.54) is 11.8 Å². The monoisotopic (exact) mass is 275 g/mol. The maximum atomic E-state index is 11.5. The molecule has 0 aliphatic rings. The molecule has 0 radical (unpaired) electrons. The van der Waals surface area contributed by atoms with Crippen LogP contribution in [0.1, 0.15) is 13.8 Å². The first-order chi connectivity index (χ1) is 9.15. The van der Waals surface area contributed by atoms with Crippen molar-refractivity contribution in [1.29, 1.82) is 0 Å². The highest BCUT2D eigenvalue weighted by atomic mass is 32.2. The van der Waals surface area contributed by atoms with Gasteiger partial charge in [0.05, 0.1) is 22.9 Å². The third kappa shape index (κ3) is 4.24. The average Bonchev–Trinajstić information content (AvgIpc) is 2.42. The number of pyridine rings is 1. The number of rotatable bonds is 5. The van der Waals surface area contributed by atoms with Crippen molar-refractivity contribution in [2.24, 2.45) is 5.92 Å². The Bertz CT molecular complexity index is 569. The van der Waals surface area contributed by atoms with Crippen molar-refractivity contribution in [1.82, 2.24) is 4.98 Å². The molecule has 0 spiro atoms. The first-order valence-corrected chi connectivity index (χ1v) is 7.28. The molecule has 0 fully saturated rings. The fourth-order valence-electron chi connectivity index (χ4n) is 1.56.